The first-order chi connectivity index (χ1) is 55.4. The zero-order valence-corrected chi connectivity index (χ0v) is 61.3. The quantitative estimate of drug-likeness (QED) is 0.108. The van der Waals surface area contributed by atoms with Crippen LogP contribution in [0.2, 0.25) is 0 Å². The minimum atomic E-state index is 1.12. The van der Waals surface area contributed by atoms with Crippen LogP contribution in [0, 0.1) is 0 Å². The minimum Gasteiger partial charge on any atom is -0.309 e. The molecule has 22 rings (SSSR count). The summed E-state index contributed by atoms with van der Waals surface area (Å²) in [6.07, 6.45) is 0. The Hall–Kier alpha value is -14.7. The Morgan fingerprint density at radius 3 is 0.696 bits per heavy atom. The molecule has 0 aliphatic rings. The summed E-state index contributed by atoms with van der Waals surface area (Å²) in [4.78, 5) is 0. The van der Waals surface area contributed by atoms with Gasteiger partial charge in [-0.15, -0.1) is 0 Å². The molecular weight excluding hydrogens is 1350 g/mol. The van der Waals surface area contributed by atoms with Crippen LogP contribution in [-0.2, 0) is 0 Å². The van der Waals surface area contributed by atoms with Crippen molar-refractivity contribution >= 4 is 97.5 Å². The van der Waals surface area contributed by atoms with Crippen LogP contribution in [0.25, 0.3) is 220 Å². The average molecular weight is 1420 g/mol. The number of hydrogen-bond donors (Lipinski definition) is 0. The van der Waals surface area contributed by atoms with Crippen molar-refractivity contribution in [3.05, 3.63) is 425 Å². The number of para-hydroxylation sites is 2. The van der Waals surface area contributed by atoms with Gasteiger partial charge in [0.2, 0.25) is 0 Å². The maximum atomic E-state index is 2.44. The van der Waals surface area contributed by atoms with E-state index in [1.165, 1.54) is 203 Å². The van der Waals surface area contributed by atoms with Gasteiger partial charge in [0.25, 0.3) is 0 Å². The van der Waals surface area contributed by atoms with Crippen molar-refractivity contribution < 1.29 is 0 Å². The first kappa shape index (κ1) is 64.5. The van der Waals surface area contributed by atoms with E-state index >= 15 is 0 Å². The lowest BCUT2D eigenvalue weighted by Crippen LogP contribution is -1.94. The lowest BCUT2D eigenvalue weighted by Gasteiger charge is -2.13. The van der Waals surface area contributed by atoms with Gasteiger partial charge in [-0.1, -0.05) is 303 Å². The highest BCUT2D eigenvalue weighted by molar-refractivity contribution is 6.26. The van der Waals surface area contributed by atoms with Crippen LogP contribution in [0.4, 0.5) is 0 Å². The Kier molecular flexibility index (Phi) is 15.3. The number of benzene rings is 20. The molecule has 0 saturated heterocycles. The standard InChI is InChI=1S/C110H70N2/c1-2-20-72-57-87(46-45-71(72)19-1)82-30-16-31-83(63-82)89-48-50-90-64-88(47-49-91(90)65-89)81-29-14-26-78(61-81)76-24-12-22-74(59-76)73-21-11-23-75(58-73)77-25-13-27-79(60-77)85-33-17-35-95(66-85)111-107-43-9-7-41-102(107)105-69-93(52-55-109(105)111)94-53-56-110-106(70-94)103-42-8-10-44-108(103)112(110)96-36-18-34-86(67-96)80-28-15-32-84(62-80)92-51-54-101-99-39-4-3-37-97(99)98-38-5-6-40-100(98)104(101)68-92/h1-70H. The number of rotatable bonds is 12. The summed E-state index contributed by atoms with van der Waals surface area (Å²) < 4.78 is 4.88. The van der Waals surface area contributed by atoms with E-state index in [1.807, 2.05) is 0 Å². The highest BCUT2D eigenvalue weighted by Crippen LogP contribution is 2.44. The van der Waals surface area contributed by atoms with Crippen LogP contribution in [0.3, 0.4) is 0 Å². The first-order valence-electron chi connectivity index (χ1n) is 38.7. The molecule has 0 N–H and O–H groups in total. The van der Waals surface area contributed by atoms with Crippen molar-refractivity contribution in [3.63, 3.8) is 0 Å². The van der Waals surface area contributed by atoms with Crippen LogP contribution in [-0.4, -0.2) is 9.13 Å². The summed E-state index contributed by atoms with van der Waals surface area (Å²) in [6.45, 7) is 0. The van der Waals surface area contributed by atoms with Gasteiger partial charge in [-0.3, -0.25) is 0 Å². The molecule has 0 saturated carbocycles. The summed E-state index contributed by atoms with van der Waals surface area (Å²) in [7, 11) is 0. The van der Waals surface area contributed by atoms with Crippen LogP contribution < -0.4 is 0 Å². The molecule has 2 heterocycles. The molecule has 0 unspecified atom stereocenters. The van der Waals surface area contributed by atoms with Crippen LogP contribution in [0.5, 0.6) is 0 Å². The number of hydrogen-bond acceptors (Lipinski definition) is 0. The van der Waals surface area contributed by atoms with E-state index in [9.17, 15) is 0 Å². The largest absolute Gasteiger partial charge is 0.309 e. The lowest BCUT2D eigenvalue weighted by molar-refractivity contribution is 1.18. The lowest BCUT2D eigenvalue weighted by atomic mass is 9.91. The molecule has 0 spiro atoms. The van der Waals surface area contributed by atoms with Gasteiger partial charge in [-0.2, -0.15) is 0 Å². The molecule has 0 radical (unpaired) electrons. The Morgan fingerprint density at radius 2 is 0.330 bits per heavy atom. The second-order valence-electron chi connectivity index (χ2n) is 29.9. The molecule has 0 fully saturated rings. The van der Waals surface area contributed by atoms with Gasteiger partial charge in [0, 0.05) is 32.9 Å². The summed E-state index contributed by atoms with van der Waals surface area (Å²) in [5, 5.41) is 17.6. The first-order valence-corrected chi connectivity index (χ1v) is 38.7. The van der Waals surface area contributed by atoms with Gasteiger partial charge in [0.1, 0.15) is 0 Å². The third kappa shape index (κ3) is 11.3. The van der Waals surface area contributed by atoms with Crippen LogP contribution in [0.1, 0.15) is 0 Å². The predicted molar refractivity (Wildman–Crippen MR) is 477 cm³/mol. The van der Waals surface area contributed by atoms with Gasteiger partial charge in [0.05, 0.1) is 22.1 Å². The predicted octanol–water partition coefficient (Wildman–Crippen LogP) is 30.3. The zero-order valence-electron chi connectivity index (χ0n) is 61.3. The Labute approximate surface area is 649 Å². The molecule has 0 amide bonds. The summed E-state index contributed by atoms with van der Waals surface area (Å²) >= 11 is 0. The van der Waals surface area contributed by atoms with Crippen LogP contribution >= 0.6 is 0 Å². The molecule has 22 aromatic rings. The molecule has 2 aromatic heterocycles. The Balaban J connectivity index is 0.524. The van der Waals surface area contributed by atoms with Crippen molar-refractivity contribution in [2.24, 2.45) is 0 Å². The number of aromatic nitrogens is 2. The molecule has 0 bridgehead atoms. The molecule has 112 heavy (non-hydrogen) atoms. The average Bonchev–Trinajstić information content (AvgIpc) is 1.52. The van der Waals surface area contributed by atoms with Gasteiger partial charge >= 0.3 is 0 Å². The fraction of sp³-hybridized carbons (Fsp3) is 0. The van der Waals surface area contributed by atoms with Crippen LogP contribution in [0.15, 0.2) is 425 Å². The van der Waals surface area contributed by atoms with Gasteiger partial charge in [-0.05, 0) is 286 Å². The molecule has 0 atom stereocenters. The second kappa shape index (κ2) is 26.6. The van der Waals surface area contributed by atoms with Gasteiger partial charge < -0.3 is 9.13 Å². The van der Waals surface area contributed by atoms with E-state index in [0.29, 0.717) is 0 Å². The maximum absolute atomic E-state index is 2.44. The van der Waals surface area contributed by atoms with E-state index in [1.54, 1.807) is 0 Å². The molecule has 20 aromatic carbocycles. The van der Waals surface area contributed by atoms with E-state index in [-0.39, 0.29) is 0 Å². The molecule has 520 valence electrons. The van der Waals surface area contributed by atoms with E-state index in [4.69, 9.17) is 0 Å². The Morgan fingerprint density at radius 1 is 0.107 bits per heavy atom. The van der Waals surface area contributed by atoms with Crippen molar-refractivity contribution in [1.82, 2.24) is 9.13 Å². The highest BCUT2D eigenvalue weighted by Gasteiger charge is 2.20. The summed E-state index contributed by atoms with van der Waals surface area (Å²) in [5.74, 6) is 0. The number of fused-ring (bicyclic) bond motifs is 14. The third-order valence-electron chi connectivity index (χ3n) is 23.4. The van der Waals surface area contributed by atoms with E-state index in [0.717, 1.165) is 16.9 Å². The summed E-state index contributed by atoms with van der Waals surface area (Å²) in [6, 6.07) is 157. The topological polar surface area (TPSA) is 9.86 Å². The van der Waals surface area contributed by atoms with Crippen molar-refractivity contribution in [2.75, 3.05) is 0 Å². The molecule has 0 aliphatic carbocycles. The van der Waals surface area contributed by atoms with Gasteiger partial charge in [-0.25, -0.2) is 0 Å². The van der Waals surface area contributed by atoms with E-state index < -0.39 is 0 Å². The molecule has 0 aliphatic heterocycles. The molecular formula is C110H70N2. The number of nitrogens with zero attached hydrogens (tertiary/aromatic N) is 2. The fourth-order valence-electron chi connectivity index (χ4n) is 17.8. The summed E-state index contributed by atoms with van der Waals surface area (Å²) in [5.41, 5.74) is 30.7. The van der Waals surface area contributed by atoms with Crippen molar-refractivity contribution in [3.8, 4) is 123 Å². The second-order valence-corrected chi connectivity index (χ2v) is 29.9. The van der Waals surface area contributed by atoms with Crippen molar-refractivity contribution in [1.29, 1.82) is 0 Å². The maximum Gasteiger partial charge on any atom is 0.0541 e. The molecule has 2 heteroatoms. The van der Waals surface area contributed by atoms with Gasteiger partial charge in [0.15, 0.2) is 0 Å². The molecule has 2 nitrogen and oxygen atoms in total. The zero-order chi connectivity index (χ0) is 73.7. The highest BCUT2D eigenvalue weighted by atomic mass is 15.0. The fourth-order valence-corrected chi connectivity index (χ4v) is 17.8. The minimum absolute atomic E-state index is 1.12. The van der Waals surface area contributed by atoms with E-state index in [2.05, 4.69) is 434 Å². The van der Waals surface area contributed by atoms with Crippen molar-refractivity contribution in [2.45, 2.75) is 0 Å². The SMILES string of the molecule is c1cc(-c2cccc(-c3cccc(-c4ccc5cc(-c6cccc(-c7ccc8ccccc8c7)c6)ccc5c4)c3)c2)cc(-c2cccc(-c3cccc(-n4c5ccccc5c5cc(-c6ccc7c(c6)c6ccccc6n7-c6cccc(-c7cccc(-c8ccc9c%10ccccc%10c%10ccccc%10c9c8)c7)c6)ccc54)c3)c2)c1. The monoisotopic (exact) mass is 1420 g/mol. The third-order valence-corrected chi connectivity index (χ3v) is 23.4. The smallest absolute Gasteiger partial charge is 0.0541 e. The normalized spacial score (nSPS) is 11.8. The Bertz CT molecular complexity index is 7550.